The molecule has 0 aliphatic carbocycles. The smallest absolute Gasteiger partial charge is 0.115 e. The Hall–Kier alpha value is -0.0200. The van der Waals surface area contributed by atoms with Gasteiger partial charge in [-0.15, -0.1) is 0 Å². The van der Waals surface area contributed by atoms with E-state index in [0.29, 0.717) is 13.0 Å². The van der Waals surface area contributed by atoms with E-state index >= 15 is 0 Å². The predicted octanol–water partition coefficient (Wildman–Crippen LogP) is 1.56. The van der Waals surface area contributed by atoms with E-state index in [-0.39, 0.29) is 5.54 Å². The number of halogens is 1. The molecule has 2 fully saturated rings. The normalized spacial score (nSPS) is 44.3. The van der Waals surface area contributed by atoms with E-state index in [4.69, 9.17) is 12.2 Å². The minimum atomic E-state index is -0.644. The molecule has 1 nitrogen and oxygen atoms in total. The van der Waals surface area contributed by atoms with Crippen molar-refractivity contribution < 1.29 is 4.39 Å². The molecule has 2 unspecified atom stereocenters. The first-order valence-corrected chi connectivity index (χ1v) is 4.59. The summed E-state index contributed by atoms with van der Waals surface area (Å²) in [5.74, 6) is 0. The van der Waals surface area contributed by atoms with Gasteiger partial charge in [0.1, 0.15) is 6.17 Å². The first-order chi connectivity index (χ1) is 5.27. The third-order valence-electron chi connectivity index (χ3n) is 2.88. The van der Waals surface area contributed by atoms with Crippen LogP contribution in [0.4, 0.5) is 4.39 Å². The van der Waals surface area contributed by atoms with Crippen LogP contribution in [0.15, 0.2) is 0 Å². The molecule has 3 heteroatoms. The van der Waals surface area contributed by atoms with Gasteiger partial charge in [-0.25, -0.2) is 4.39 Å². The monoisotopic (exact) mass is 173 g/mol. The van der Waals surface area contributed by atoms with Gasteiger partial charge in [-0.05, 0) is 24.8 Å². The van der Waals surface area contributed by atoms with Crippen molar-refractivity contribution in [1.29, 1.82) is 0 Å². The maximum Gasteiger partial charge on any atom is 0.115 e. The quantitative estimate of drug-likeness (QED) is 0.554. The van der Waals surface area contributed by atoms with Crippen LogP contribution < -0.4 is 0 Å². The van der Waals surface area contributed by atoms with E-state index in [1.807, 2.05) is 0 Å². The van der Waals surface area contributed by atoms with Crippen LogP contribution in [0.3, 0.4) is 0 Å². The zero-order valence-electron chi connectivity index (χ0n) is 6.42. The van der Waals surface area contributed by atoms with E-state index < -0.39 is 6.17 Å². The zero-order valence-corrected chi connectivity index (χ0v) is 7.24. The first kappa shape index (κ1) is 7.62. The second-order valence-electron chi connectivity index (χ2n) is 3.57. The van der Waals surface area contributed by atoms with Crippen LogP contribution in [0.5, 0.6) is 0 Å². The topological polar surface area (TPSA) is 3.24 Å². The Morgan fingerprint density at radius 1 is 1.64 bits per heavy atom. The maximum absolute atomic E-state index is 13.0. The molecule has 2 atom stereocenters. The highest BCUT2D eigenvalue weighted by Crippen LogP contribution is 2.38. The Kier molecular flexibility index (Phi) is 1.72. The van der Waals surface area contributed by atoms with E-state index in [9.17, 15) is 4.39 Å². The van der Waals surface area contributed by atoms with E-state index in [1.54, 1.807) is 5.37 Å². The number of rotatable bonds is 1. The number of thiocarbonyl (C=S) groups is 1. The number of hydrogen-bond acceptors (Lipinski definition) is 2. The van der Waals surface area contributed by atoms with Crippen molar-refractivity contribution in [2.24, 2.45) is 0 Å². The largest absolute Gasteiger partial charge is 0.290 e. The summed E-state index contributed by atoms with van der Waals surface area (Å²) in [4.78, 5) is 2.20. The van der Waals surface area contributed by atoms with Crippen LogP contribution in [0.1, 0.15) is 19.3 Å². The third-order valence-corrected chi connectivity index (χ3v) is 3.32. The highest BCUT2D eigenvalue weighted by Gasteiger charge is 2.46. The summed E-state index contributed by atoms with van der Waals surface area (Å²) in [6.07, 6.45) is 2.24. The molecule has 0 aromatic rings. The molecule has 0 spiro atoms. The van der Waals surface area contributed by atoms with Gasteiger partial charge in [0.15, 0.2) is 0 Å². The second kappa shape index (κ2) is 2.49. The molecule has 2 aliphatic heterocycles. The molecule has 2 heterocycles. The van der Waals surface area contributed by atoms with Crippen LogP contribution in [0.2, 0.25) is 0 Å². The van der Waals surface area contributed by atoms with Crippen molar-refractivity contribution in [2.75, 3.05) is 13.1 Å². The van der Waals surface area contributed by atoms with Gasteiger partial charge in [0, 0.05) is 13.0 Å². The van der Waals surface area contributed by atoms with Crippen molar-refractivity contribution in [2.45, 2.75) is 31.0 Å². The Bertz CT molecular complexity index is 185. The number of fused-ring (bicyclic) bond motifs is 1. The molecule has 0 bridgehead atoms. The summed E-state index contributed by atoms with van der Waals surface area (Å²) in [6, 6.07) is 0. The summed E-state index contributed by atoms with van der Waals surface area (Å²) >= 11 is 4.96. The van der Waals surface area contributed by atoms with Crippen LogP contribution in [0, 0.1) is 0 Å². The standard InChI is InChI=1S/C8H12FNS/c9-7-4-8(6-11)2-1-3-10(8)5-7/h6-7H,1-5H2. The van der Waals surface area contributed by atoms with Crippen molar-refractivity contribution in [3.63, 3.8) is 0 Å². The molecule has 0 N–H and O–H groups in total. The van der Waals surface area contributed by atoms with Crippen LogP contribution >= 0.6 is 12.2 Å². The summed E-state index contributed by atoms with van der Waals surface area (Å²) in [6.45, 7) is 1.64. The fraction of sp³-hybridized carbons (Fsp3) is 0.875. The Labute approximate surface area is 71.6 Å². The lowest BCUT2D eigenvalue weighted by Crippen LogP contribution is -2.38. The molecular formula is C8H12FNS. The van der Waals surface area contributed by atoms with Gasteiger partial charge in [-0.3, -0.25) is 4.90 Å². The highest BCUT2D eigenvalue weighted by molar-refractivity contribution is 7.79. The van der Waals surface area contributed by atoms with Crippen LogP contribution in [0.25, 0.3) is 0 Å². The third kappa shape index (κ3) is 1.02. The number of nitrogens with zero attached hydrogens (tertiary/aromatic N) is 1. The van der Waals surface area contributed by atoms with E-state index in [0.717, 1.165) is 13.0 Å². The Morgan fingerprint density at radius 3 is 3.09 bits per heavy atom. The van der Waals surface area contributed by atoms with Gasteiger partial charge < -0.3 is 0 Å². The van der Waals surface area contributed by atoms with E-state index in [2.05, 4.69) is 4.90 Å². The summed E-state index contributed by atoms with van der Waals surface area (Å²) in [5.41, 5.74) is -0.0330. The molecule has 2 aliphatic rings. The lowest BCUT2D eigenvalue weighted by Gasteiger charge is -2.26. The van der Waals surface area contributed by atoms with Gasteiger partial charge in [-0.1, -0.05) is 12.2 Å². The van der Waals surface area contributed by atoms with Gasteiger partial charge in [-0.2, -0.15) is 0 Å². The molecule has 0 radical (unpaired) electrons. The minimum Gasteiger partial charge on any atom is -0.290 e. The van der Waals surface area contributed by atoms with Crippen molar-refractivity contribution in [3.8, 4) is 0 Å². The van der Waals surface area contributed by atoms with Crippen LogP contribution in [-0.2, 0) is 0 Å². The molecule has 62 valence electrons. The highest BCUT2D eigenvalue weighted by atomic mass is 32.1. The Morgan fingerprint density at radius 2 is 2.45 bits per heavy atom. The van der Waals surface area contributed by atoms with Gasteiger partial charge in [0.25, 0.3) is 0 Å². The van der Waals surface area contributed by atoms with Crippen molar-refractivity contribution >= 4 is 17.6 Å². The molecule has 0 aromatic carbocycles. The molecule has 2 rings (SSSR count). The van der Waals surface area contributed by atoms with Gasteiger partial charge in [0.05, 0.1) is 5.54 Å². The summed E-state index contributed by atoms with van der Waals surface area (Å²) < 4.78 is 13.0. The molecule has 11 heavy (non-hydrogen) atoms. The first-order valence-electron chi connectivity index (χ1n) is 4.12. The average Bonchev–Trinajstić information content (AvgIpc) is 2.43. The molecule has 0 amide bonds. The molecule has 0 aromatic heterocycles. The fourth-order valence-electron chi connectivity index (χ4n) is 2.33. The summed E-state index contributed by atoms with van der Waals surface area (Å²) in [5, 5.41) is 1.78. The van der Waals surface area contributed by atoms with Crippen LogP contribution in [-0.4, -0.2) is 35.1 Å². The molecule has 2 saturated heterocycles. The summed E-state index contributed by atoms with van der Waals surface area (Å²) in [7, 11) is 0. The predicted molar refractivity (Wildman–Crippen MR) is 46.7 cm³/mol. The zero-order chi connectivity index (χ0) is 7.90. The maximum atomic E-state index is 13.0. The number of hydrogen-bond donors (Lipinski definition) is 0. The lowest BCUT2D eigenvalue weighted by atomic mass is 9.96. The van der Waals surface area contributed by atoms with E-state index in [1.165, 1.54) is 6.42 Å². The lowest BCUT2D eigenvalue weighted by molar-refractivity contribution is 0.268. The molecule has 0 saturated carbocycles. The average molecular weight is 173 g/mol. The van der Waals surface area contributed by atoms with Crippen molar-refractivity contribution in [1.82, 2.24) is 4.90 Å². The second-order valence-corrected chi connectivity index (χ2v) is 3.81. The van der Waals surface area contributed by atoms with Gasteiger partial charge >= 0.3 is 0 Å². The fourth-order valence-corrected chi connectivity index (χ4v) is 2.69. The molecular weight excluding hydrogens is 161 g/mol. The van der Waals surface area contributed by atoms with Crippen molar-refractivity contribution in [3.05, 3.63) is 0 Å². The Balaban J connectivity index is 2.21. The SMILES string of the molecule is FC1CN2CCCC2(C=S)C1. The number of alkyl halides is 1. The minimum absolute atomic E-state index is 0.0330. The van der Waals surface area contributed by atoms with Gasteiger partial charge in [0.2, 0.25) is 0 Å².